The highest BCUT2D eigenvalue weighted by Gasteiger charge is 2.44. The van der Waals surface area contributed by atoms with Crippen LogP contribution < -0.4 is 0 Å². The third-order valence-electron chi connectivity index (χ3n) is 4.27. The van der Waals surface area contributed by atoms with E-state index in [0.29, 0.717) is 11.1 Å². The minimum Gasteiger partial charge on any atom is -0.394 e. The second-order valence-electron chi connectivity index (χ2n) is 5.95. The molecule has 5 atom stereocenters. The molecule has 2 aromatic rings. The number of benzene rings is 2. The summed E-state index contributed by atoms with van der Waals surface area (Å²) in [5.41, 5.74) is 2.10. The standard InChI is InChI=1S/C20H20O5/c21-12-16-17(22)18(23)19(24)20(25-16)15-9-5-4-8-14(15)11-10-13-6-2-1-3-7-13/h1-9,16-24H,12H2/t16-,17-,18+,19-,20-/m1/s1. The molecule has 0 aliphatic carbocycles. The summed E-state index contributed by atoms with van der Waals surface area (Å²) in [5.74, 6) is 6.11. The normalized spacial score (nSPS) is 28.9. The molecule has 0 spiro atoms. The van der Waals surface area contributed by atoms with Crippen molar-refractivity contribution >= 4 is 0 Å². The number of aliphatic hydroxyl groups excluding tert-OH is 4. The van der Waals surface area contributed by atoms with Crippen LogP contribution in [-0.2, 0) is 4.74 Å². The molecule has 0 aromatic heterocycles. The molecule has 1 aliphatic rings. The molecule has 0 amide bonds. The SMILES string of the molecule is OC[C@H]1O[C@H](c2ccccc2C#Cc2ccccc2)[C@H](O)[C@@H](O)[C@@H]1O. The summed E-state index contributed by atoms with van der Waals surface area (Å²) in [6, 6.07) is 16.6. The predicted molar refractivity (Wildman–Crippen MR) is 91.6 cm³/mol. The largest absolute Gasteiger partial charge is 0.394 e. The third-order valence-corrected chi connectivity index (χ3v) is 4.27. The molecule has 3 rings (SSSR count). The molecule has 2 aromatic carbocycles. The lowest BCUT2D eigenvalue weighted by Crippen LogP contribution is -2.55. The van der Waals surface area contributed by atoms with Gasteiger partial charge in [0.05, 0.1) is 6.61 Å². The van der Waals surface area contributed by atoms with Crippen molar-refractivity contribution in [2.24, 2.45) is 0 Å². The Balaban J connectivity index is 1.94. The first-order valence-corrected chi connectivity index (χ1v) is 8.08. The smallest absolute Gasteiger partial charge is 0.113 e. The van der Waals surface area contributed by atoms with Crippen molar-refractivity contribution in [3.63, 3.8) is 0 Å². The third kappa shape index (κ3) is 3.74. The molecule has 0 saturated carbocycles. The molecule has 1 fully saturated rings. The van der Waals surface area contributed by atoms with Crippen LogP contribution in [0, 0.1) is 11.8 Å². The Morgan fingerprint density at radius 1 is 0.800 bits per heavy atom. The Kier molecular flexibility index (Phi) is 5.49. The lowest BCUT2D eigenvalue weighted by molar-refractivity contribution is -0.231. The Hall–Kier alpha value is -2.20. The molecule has 0 unspecified atom stereocenters. The number of hydrogen-bond donors (Lipinski definition) is 4. The van der Waals surface area contributed by atoms with E-state index in [1.54, 1.807) is 18.2 Å². The summed E-state index contributed by atoms with van der Waals surface area (Å²) in [7, 11) is 0. The van der Waals surface area contributed by atoms with Crippen molar-refractivity contribution in [1.82, 2.24) is 0 Å². The van der Waals surface area contributed by atoms with E-state index in [1.807, 2.05) is 36.4 Å². The Bertz CT molecular complexity index is 762. The monoisotopic (exact) mass is 340 g/mol. The van der Waals surface area contributed by atoms with Gasteiger partial charge >= 0.3 is 0 Å². The van der Waals surface area contributed by atoms with Gasteiger partial charge in [-0.25, -0.2) is 0 Å². The van der Waals surface area contributed by atoms with Gasteiger partial charge in [-0.3, -0.25) is 0 Å². The van der Waals surface area contributed by atoms with E-state index in [4.69, 9.17) is 4.74 Å². The van der Waals surface area contributed by atoms with Crippen molar-refractivity contribution in [3.8, 4) is 11.8 Å². The average molecular weight is 340 g/mol. The van der Waals surface area contributed by atoms with Gasteiger partial charge in [0.15, 0.2) is 0 Å². The van der Waals surface area contributed by atoms with Crippen LogP contribution in [0.15, 0.2) is 54.6 Å². The fraction of sp³-hybridized carbons (Fsp3) is 0.300. The van der Waals surface area contributed by atoms with Crippen LogP contribution in [0.25, 0.3) is 0 Å². The number of aliphatic hydroxyl groups is 4. The lowest BCUT2D eigenvalue weighted by Gasteiger charge is -2.40. The molecule has 0 radical (unpaired) electrons. The summed E-state index contributed by atoms with van der Waals surface area (Å²) in [6.07, 6.45) is -5.95. The zero-order valence-electron chi connectivity index (χ0n) is 13.5. The van der Waals surface area contributed by atoms with Crippen LogP contribution >= 0.6 is 0 Å². The first-order chi connectivity index (χ1) is 12.1. The second kappa shape index (κ2) is 7.79. The first kappa shape index (κ1) is 17.6. The quantitative estimate of drug-likeness (QED) is 0.601. The predicted octanol–water partition coefficient (Wildman–Crippen LogP) is 0.601. The summed E-state index contributed by atoms with van der Waals surface area (Å²) >= 11 is 0. The summed E-state index contributed by atoms with van der Waals surface area (Å²) in [4.78, 5) is 0. The van der Waals surface area contributed by atoms with Crippen molar-refractivity contribution in [2.45, 2.75) is 30.5 Å². The fourth-order valence-corrected chi connectivity index (χ4v) is 2.88. The Labute approximate surface area is 146 Å². The molecule has 0 bridgehead atoms. The topological polar surface area (TPSA) is 90.2 Å². The van der Waals surface area contributed by atoms with Gasteiger partial charge in [-0.05, 0) is 23.8 Å². The van der Waals surface area contributed by atoms with Crippen LogP contribution in [-0.4, -0.2) is 51.4 Å². The molecule has 25 heavy (non-hydrogen) atoms. The van der Waals surface area contributed by atoms with E-state index in [0.717, 1.165) is 5.56 Å². The minimum absolute atomic E-state index is 0.459. The number of ether oxygens (including phenoxy) is 1. The van der Waals surface area contributed by atoms with E-state index in [2.05, 4.69) is 11.8 Å². The maximum absolute atomic E-state index is 10.3. The van der Waals surface area contributed by atoms with Gasteiger partial charge in [0.25, 0.3) is 0 Å². The molecule has 5 heteroatoms. The van der Waals surface area contributed by atoms with Crippen molar-refractivity contribution in [1.29, 1.82) is 0 Å². The highest BCUT2D eigenvalue weighted by Crippen LogP contribution is 2.33. The van der Waals surface area contributed by atoms with E-state index in [1.165, 1.54) is 0 Å². The highest BCUT2D eigenvalue weighted by molar-refractivity contribution is 5.47. The van der Waals surface area contributed by atoms with Gasteiger partial charge in [-0.15, -0.1) is 0 Å². The van der Waals surface area contributed by atoms with Crippen LogP contribution in [0.2, 0.25) is 0 Å². The number of hydrogen-bond acceptors (Lipinski definition) is 5. The molecule has 1 heterocycles. The highest BCUT2D eigenvalue weighted by atomic mass is 16.5. The average Bonchev–Trinajstić information content (AvgIpc) is 2.66. The summed E-state index contributed by atoms with van der Waals surface area (Å²) in [5, 5.41) is 39.6. The van der Waals surface area contributed by atoms with Gasteiger partial charge in [0.1, 0.15) is 30.5 Å². The molecule has 4 N–H and O–H groups in total. The van der Waals surface area contributed by atoms with Crippen LogP contribution in [0.5, 0.6) is 0 Å². The fourth-order valence-electron chi connectivity index (χ4n) is 2.88. The Morgan fingerprint density at radius 2 is 1.48 bits per heavy atom. The Morgan fingerprint density at radius 3 is 2.20 bits per heavy atom. The second-order valence-corrected chi connectivity index (χ2v) is 5.95. The van der Waals surface area contributed by atoms with E-state index >= 15 is 0 Å². The van der Waals surface area contributed by atoms with Gasteiger partial charge in [-0.1, -0.05) is 48.2 Å². The maximum Gasteiger partial charge on any atom is 0.113 e. The van der Waals surface area contributed by atoms with Crippen LogP contribution in [0.3, 0.4) is 0 Å². The zero-order chi connectivity index (χ0) is 17.8. The van der Waals surface area contributed by atoms with Gasteiger partial charge in [0.2, 0.25) is 0 Å². The van der Waals surface area contributed by atoms with E-state index < -0.39 is 37.1 Å². The summed E-state index contributed by atoms with van der Waals surface area (Å²) < 4.78 is 5.63. The van der Waals surface area contributed by atoms with Gasteiger partial charge in [0, 0.05) is 11.1 Å². The van der Waals surface area contributed by atoms with E-state index in [9.17, 15) is 20.4 Å². The molecular formula is C20H20O5. The van der Waals surface area contributed by atoms with E-state index in [-0.39, 0.29) is 0 Å². The van der Waals surface area contributed by atoms with Gasteiger partial charge < -0.3 is 25.2 Å². The zero-order valence-corrected chi connectivity index (χ0v) is 13.5. The molecular weight excluding hydrogens is 320 g/mol. The van der Waals surface area contributed by atoms with Crippen molar-refractivity contribution in [3.05, 3.63) is 71.3 Å². The van der Waals surface area contributed by atoms with Crippen LogP contribution in [0.1, 0.15) is 22.8 Å². The molecule has 5 nitrogen and oxygen atoms in total. The lowest BCUT2D eigenvalue weighted by atomic mass is 9.89. The van der Waals surface area contributed by atoms with Crippen LogP contribution in [0.4, 0.5) is 0 Å². The van der Waals surface area contributed by atoms with Crippen molar-refractivity contribution in [2.75, 3.05) is 6.61 Å². The minimum atomic E-state index is -1.41. The number of rotatable bonds is 2. The maximum atomic E-state index is 10.3. The van der Waals surface area contributed by atoms with Crippen molar-refractivity contribution < 1.29 is 25.2 Å². The molecule has 1 saturated heterocycles. The van der Waals surface area contributed by atoms with Gasteiger partial charge in [-0.2, -0.15) is 0 Å². The summed E-state index contributed by atoms with van der Waals surface area (Å²) in [6.45, 7) is -0.459. The molecule has 1 aliphatic heterocycles. The molecule has 130 valence electrons. The first-order valence-electron chi connectivity index (χ1n) is 8.08.